The highest BCUT2D eigenvalue weighted by atomic mass is 79.9. The Balaban J connectivity index is 2.22. The van der Waals surface area contributed by atoms with Gasteiger partial charge in [0.15, 0.2) is 5.82 Å². The molecule has 0 saturated carbocycles. The third kappa shape index (κ3) is 2.64. The number of anilines is 2. The van der Waals surface area contributed by atoms with Gasteiger partial charge in [-0.1, -0.05) is 6.07 Å². The quantitative estimate of drug-likeness (QED) is 0.634. The predicted molar refractivity (Wildman–Crippen MR) is 88.8 cm³/mol. The zero-order valence-corrected chi connectivity index (χ0v) is 13.8. The van der Waals surface area contributed by atoms with E-state index in [1.165, 1.54) is 0 Å². The molecule has 1 aromatic heterocycles. The summed E-state index contributed by atoms with van der Waals surface area (Å²) >= 11 is 7.02. The molecule has 6 nitrogen and oxygen atoms in total. The minimum atomic E-state index is 0.557. The van der Waals surface area contributed by atoms with Crippen LogP contribution in [0, 0.1) is 0 Å². The van der Waals surface area contributed by atoms with Crippen molar-refractivity contribution in [2.75, 3.05) is 11.5 Å². The lowest BCUT2D eigenvalue weighted by molar-refractivity contribution is 0.786. The van der Waals surface area contributed by atoms with Gasteiger partial charge >= 0.3 is 0 Å². The van der Waals surface area contributed by atoms with Crippen LogP contribution >= 0.6 is 31.9 Å². The molecule has 106 valence electrons. The number of tetrazole rings is 1. The minimum Gasteiger partial charge on any atom is -0.399 e. The summed E-state index contributed by atoms with van der Waals surface area (Å²) < 4.78 is 3.35. The van der Waals surface area contributed by atoms with Crippen LogP contribution < -0.4 is 11.5 Å². The number of aromatic nitrogens is 4. The van der Waals surface area contributed by atoms with Crippen molar-refractivity contribution < 1.29 is 0 Å². The molecule has 0 saturated heterocycles. The zero-order chi connectivity index (χ0) is 15.0. The van der Waals surface area contributed by atoms with Crippen molar-refractivity contribution in [3.8, 4) is 17.1 Å². The van der Waals surface area contributed by atoms with E-state index in [0.29, 0.717) is 17.2 Å². The molecular weight excluding hydrogens is 400 g/mol. The van der Waals surface area contributed by atoms with E-state index in [9.17, 15) is 0 Å². The second-order valence-corrected chi connectivity index (χ2v) is 6.08. The van der Waals surface area contributed by atoms with Gasteiger partial charge in [-0.25, -0.2) is 0 Å². The lowest BCUT2D eigenvalue weighted by Crippen LogP contribution is -2.03. The fraction of sp³-hybridized carbons (Fsp3) is 0. The number of nitrogens with zero attached hydrogens (tertiary/aromatic N) is 4. The number of hydrogen-bond donors (Lipinski definition) is 2. The van der Waals surface area contributed by atoms with Gasteiger partial charge in [0.1, 0.15) is 0 Å². The van der Waals surface area contributed by atoms with Crippen LogP contribution in [0.1, 0.15) is 0 Å². The lowest BCUT2D eigenvalue weighted by atomic mass is 10.1. The zero-order valence-electron chi connectivity index (χ0n) is 10.7. The number of para-hydroxylation sites is 1. The SMILES string of the molecule is Nc1cc(N)cc(-c2nnnn2-c2c(Br)cccc2Br)c1. The van der Waals surface area contributed by atoms with Crippen molar-refractivity contribution in [1.29, 1.82) is 0 Å². The maximum atomic E-state index is 5.84. The van der Waals surface area contributed by atoms with Crippen molar-refractivity contribution >= 4 is 43.2 Å². The van der Waals surface area contributed by atoms with Gasteiger partial charge in [-0.05, 0) is 72.6 Å². The summed E-state index contributed by atoms with van der Waals surface area (Å²) in [5, 5.41) is 11.9. The standard InChI is InChI=1S/C13H10Br2N6/c14-10-2-1-3-11(15)12(10)21-13(18-19-20-21)7-4-8(16)6-9(17)5-7/h1-6H,16-17H2. The number of nitrogen functional groups attached to an aromatic ring is 2. The molecule has 0 radical (unpaired) electrons. The normalized spacial score (nSPS) is 10.8. The van der Waals surface area contributed by atoms with Gasteiger partial charge < -0.3 is 11.5 Å². The summed E-state index contributed by atoms with van der Waals surface area (Å²) in [6, 6.07) is 11.0. The van der Waals surface area contributed by atoms with Crippen molar-refractivity contribution in [1.82, 2.24) is 20.2 Å². The van der Waals surface area contributed by atoms with Crippen molar-refractivity contribution in [2.45, 2.75) is 0 Å². The Hall–Kier alpha value is -1.93. The highest BCUT2D eigenvalue weighted by Crippen LogP contribution is 2.32. The van der Waals surface area contributed by atoms with Crippen molar-refractivity contribution in [2.24, 2.45) is 0 Å². The van der Waals surface area contributed by atoms with Crippen LogP contribution in [0.15, 0.2) is 45.3 Å². The molecule has 0 aliphatic rings. The van der Waals surface area contributed by atoms with E-state index in [1.807, 2.05) is 18.2 Å². The molecule has 0 spiro atoms. The summed E-state index contributed by atoms with van der Waals surface area (Å²) in [6.07, 6.45) is 0. The summed E-state index contributed by atoms with van der Waals surface area (Å²) in [4.78, 5) is 0. The van der Waals surface area contributed by atoms with Crippen molar-refractivity contribution in [3.05, 3.63) is 45.3 Å². The summed E-state index contributed by atoms with van der Waals surface area (Å²) in [6.45, 7) is 0. The first-order valence-electron chi connectivity index (χ1n) is 5.95. The van der Waals surface area contributed by atoms with Gasteiger partial charge in [-0.15, -0.1) is 5.10 Å². The van der Waals surface area contributed by atoms with Crippen LogP contribution in [-0.4, -0.2) is 20.2 Å². The molecule has 0 amide bonds. The van der Waals surface area contributed by atoms with Gasteiger partial charge in [0, 0.05) is 25.9 Å². The molecule has 2 aromatic carbocycles. The van der Waals surface area contributed by atoms with Crippen LogP contribution in [-0.2, 0) is 0 Å². The van der Waals surface area contributed by atoms with E-state index in [0.717, 1.165) is 20.2 Å². The van der Waals surface area contributed by atoms with E-state index in [2.05, 4.69) is 47.4 Å². The second-order valence-electron chi connectivity index (χ2n) is 4.37. The maximum absolute atomic E-state index is 5.84. The predicted octanol–water partition coefficient (Wildman–Crippen LogP) is 3.02. The van der Waals surface area contributed by atoms with Gasteiger partial charge in [0.2, 0.25) is 0 Å². The van der Waals surface area contributed by atoms with E-state index in [1.54, 1.807) is 22.9 Å². The molecule has 0 fully saturated rings. The average molecular weight is 410 g/mol. The van der Waals surface area contributed by atoms with Gasteiger partial charge in [-0.2, -0.15) is 4.68 Å². The fourth-order valence-corrected chi connectivity index (χ4v) is 3.35. The van der Waals surface area contributed by atoms with E-state index >= 15 is 0 Å². The molecule has 0 aliphatic heterocycles. The number of nitrogens with two attached hydrogens (primary N) is 2. The van der Waals surface area contributed by atoms with Gasteiger partial charge in [0.25, 0.3) is 0 Å². The summed E-state index contributed by atoms with van der Waals surface area (Å²) in [5.74, 6) is 0.557. The largest absolute Gasteiger partial charge is 0.399 e. The Morgan fingerprint density at radius 1 is 0.952 bits per heavy atom. The third-order valence-corrected chi connectivity index (χ3v) is 4.13. The van der Waals surface area contributed by atoms with Crippen LogP contribution in [0.25, 0.3) is 17.1 Å². The molecule has 0 unspecified atom stereocenters. The fourth-order valence-electron chi connectivity index (χ4n) is 2.01. The molecule has 0 atom stereocenters. The van der Waals surface area contributed by atoms with Crippen molar-refractivity contribution in [3.63, 3.8) is 0 Å². The van der Waals surface area contributed by atoms with Gasteiger partial charge in [0.05, 0.1) is 5.69 Å². The van der Waals surface area contributed by atoms with Crippen LogP contribution in [0.4, 0.5) is 11.4 Å². The first kappa shape index (κ1) is 14.0. The Bertz CT molecular complexity index is 774. The number of hydrogen-bond acceptors (Lipinski definition) is 5. The first-order valence-corrected chi connectivity index (χ1v) is 7.54. The molecular formula is C13H10Br2N6. The molecule has 1 heterocycles. The summed E-state index contributed by atoms with van der Waals surface area (Å²) in [7, 11) is 0. The lowest BCUT2D eigenvalue weighted by Gasteiger charge is -2.09. The maximum Gasteiger partial charge on any atom is 0.187 e. The molecule has 3 rings (SSSR count). The Morgan fingerprint density at radius 3 is 2.19 bits per heavy atom. The van der Waals surface area contributed by atoms with Gasteiger partial charge in [-0.3, -0.25) is 0 Å². The second kappa shape index (κ2) is 5.45. The monoisotopic (exact) mass is 408 g/mol. The topological polar surface area (TPSA) is 95.6 Å². The number of rotatable bonds is 2. The van der Waals surface area contributed by atoms with Crippen LogP contribution in [0.5, 0.6) is 0 Å². The Labute approximate surface area is 137 Å². The third-order valence-electron chi connectivity index (χ3n) is 2.85. The number of benzene rings is 2. The highest BCUT2D eigenvalue weighted by molar-refractivity contribution is 9.11. The van der Waals surface area contributed by atoms with Crippen LogP contribution in [0.3, 0.4) is 0 Å². The Morgan fingerprint density at radius 2 is 1.57 bits per heavy atom. The molecule has 3 aromatic rings. The molecule has 0 aliphatic carbocycles. The average Bonchev–Trinajstić information content (AvgIpc) is 2.86. The van der Waals surface area contributed by atoms with Crippen LogP contribution in [0.2, 0.25) is 0 Å². The smallest absolute Gasteiger partial charge is 0.187 e. The van der Waals surface area contributed by atoms with E-state index in [4.69, 9.17) is 11.5 Å². The molecule has 4 N–H and O–H groups in total. The molecule has 8 heteroatoms. The highest BCUT2D eigenvalue weighted by Gasteiger charge is 2.16. The molecule has 0 bridgehead atoms. The number of halogens is 2. The first-order chi connectivity index (χ1) is 10.1. The summed E-state index contributed by atoms with van der Waals surface area (Å²) in [5.41, 5.74) is 14.4. The molecule has 21 heavy (non-hydrogen) atoms. The minimum absolute atomic E-state index is 0.557. The Kier molecular flexibility index (Phi) is 3.64. The van der Waals surface area contributed by atoms with E-state index < -0.39 is 0 Å². The van der Waals surface area contributed by atoms with E-state index in [-0.39, 0.29) is 0 Å².